The van der Waals surface area contributed by atoms with Gasteiger partial charge in [0.1, 0.15) is 5.75 Å². The Bertz CT molecular complexity index is 743. The van der Waals surface area contributed by atoms with Crippen LogP contribution >= 0.6 is 0 Å². The summed E-state index contributed by atoms with van der Waals surface area (Å²) in [7, 11) is 0. The summed E-state index contributed by atoms with van der Waals surface area (Å²) in [6.45, 7) is 2.42. The van der Waals surface area contributed by atoms with Gasteiger partial charge < -0.3 is 4.74 Å². The maximum atomic E-state index is 10.7. The monoisotopic (exact) mass is 294 g/mol. The normalized spacial score (nSPS) is 10.8. The van der Waals surface area contributed by atoms with Crippen molar-refractivity contribution in [3.8, 4) is 11.8 Å². The molecule has 0 aliphatic rings. The van der Waals surface area contributed by atoms with Gasteiger partial charge in [-0.1, -0.05) is 18.2 Å². The molecule has 0 atom stereocenters. The number of nitro benzene ring substituents is 1. The van der Waals surface area contributed by atoms with E-state index in [9.17, 15) is 15.4 Å². The van der Waals surface area contributed by atoms with E-state index in [0.717, 1.165) is 5.56 Å². The molecule has 0 N–H and O–H groups in total. The number of ether oxygens (including phenoxy) is 1. The molecule has 5 nitrogen and oxygen atoms in total. The molecule has 2 aromatic rings. The van der Waals surface area contributed by atoms with Crippen molar-refractivity contribution in [2.24, 2.45) is 0 Å². The summed E-state index contributed by atoms with van der Waals surface area (Å²) in [5.74, 6) is 0.694. The maximum absolute atomic E-state index is 10.7. The maximum Gasteiger partial charge on any atom is 0.269 e. The number of nitrogens with zero attached hydrogens (tertiary/aromatic N) is 2. The minimum Gasteiger partial charge on any atom is -0.493 e. The lowest BCUT2D eigenvalue weighted by molar-refractivity contribution is -0.384. The second-order valence-corrected chi connectivity index (χ2v) is 4.44. The molecule has 0 saturated heterocycles. The summed E-state index contributed by atoms with van der Waals surface area (Å²) in [5.41, 5.74) is 1.83. The van der Waals surface area contributed by atoms with Crippen LogP contribution in [0, 0.1) is 21.4 Å². The van der Waals surface area contributed by atoms with Gasteiger partial charge in [-0.2, -0.15) is 5.26 Å². The molecule has 22 heavy (non-hydrogen) atoms. The highest BCUT2D eigenvalue weighted by molar-refractivity contribution is 5.90. The molecule has 0 saturated carbocycles. The molecular formula is C17H14N2O3. The molecule has 0 heterocycles. The second-order valence-electron chi connectivity index (χ2n) is 4.44. The quantitative estimate of drug-likeness (QED) is 0.360. The minimum atomic E-state index is -0.468. The van der Waals surface area contributed by atoms with E-state index < -0.39 is 4.92 Å². The fourth-order valence-electron chi connectivity index (χ4n) is 1.99. The number of para-hydroxylation sites is 1. The highest BCUT2D eigenvalue weighted by Crippen LogP contribution is 2.25. The van der Waals surface area contributed by atoms with Crippen molar-refractivity contribution in [2.45, 2.75) is 6.92 Å². The third kappa shape index (κ3) is 3.49. The first-order valence-electron chi connectivity index (χ1n) is 6.74. The summed E-state index contributed by atoms with van der Waals surface area (Å²) in [4.78, 5) is 10.2. The summed E-state index contributed by atoms with van der Waals surface area (Å²) >= 11 is 0. The first kappa shape index (κ1) is 15.3. The predicted octanol–water partition coefficient (Wildman–Crippen LogP) is 4.06. The van der Waals surface area contributed by atoms with Crippen LogP contribution in [0.1, 0.15) is 18.1 Å². The van der Waals surface area contributed by atoms with E-state index in [-0.39, 0.29) is 5.69 Å². The molecular weight excluding hydrogens is 280 g/mol. The number of allylic oxidation sites excluding steroid dienone is 1. The van der Waals surface area contributed by atoms with Crippen molar-refractivity contribution in [3.05, 3.63) is 69.8 Å². The zero-order valence-electron chi connectivity index (χ0n) is 12.0. The third-order valence-corrected chi connectivity index (χ3v) is 3.03. The smallest absolute Gasteiger partial charge is 0.269 e. The van der Waals surface area contributed by atoms with E-state index in [1.54, 1.807) is 18.2 Å². The second kappa shape index (κ2) is 7.04. The van der Waals surface area contributed by atoms with Crippen molar-refractivity contribution in [2.75, 3.05) is 6.61 Å². The molecule has 0 bridgehead atoms. The lowest BCUT2D eigenvalue weighted by Crippen LogP contribution is -1.94. The van der Waals surface area contributed by atoms with Gasteiger partial charge in [-0.05, 0) is 36.8 Å². The minimum absolute atomic E-state index is 0.00393. The number of nitro groups is 1. The van der Waals surface area contributed by atoms with Gasteiger partial charge in [0.25, 0.3) is 5.69 Å². The van der Waals surface area contributed by atoms with Crippen LogP contribution in [0.5, 0.6) is 5.75 Å². The van der Waals surface area contributed by atoms with E-state index in [1.165, 1.54) is 12.1 Å². The fourth-order valence-corrected chi connectivity index (χ4v) is 1.99. The van der Waals surface area contributed by atoms with Crippen molar-refractivity contribution in [1.29, 1.82) is 5.26 Å². The van der Waals surface area contributed by atoms with Crippen molar-refractivity contribution in [1.82, 2.24) is 0 Å². The number of nitriles is 1. The zero-order chi connectivity index (χ0) is 15.9. The summed E-state index contributed by atoms with van der Waals surface area (Å²) in [6, 6.07) is 15.4. The Kier molecular flexibility index (Phi) is 4.89. The van der Waals surface area contributed by atoms with E-state index in [4.69, 9.17) is 4.74 Å². The van der Waals surface area contributed by atoms with Gasteiger partial charge in [0.15, 0.2) is 0 Å². The van der Waals surface area contributed by atoms with Crippen LogP contribution in [0.4, 0.5) is 5.69 Å². The van der Waals surface area contributed by atoms with Gasteiger partial charge in [-0.15, -0.1) is 0 Å². The van der Waals surface area contributed by atoms with Crippen LogP contribution in [0.15, 0.2) is 48.5 Å². The number of benzene rings is 2. The average Bonchev–Trinajstić information content (AvgIpc) is 2.54. The largest absolute Gasteiger partial charge is 0.493 e. The molecule has 2 aromatic carbocycles. The van der Waals surface area contributed by atoms with Crippen LogP contribution in [0.25, 0.3) is 11.6 Å². The molecule has 0 radical (unpaired) electrons. The number of hydrogen-bond acceptors (Lipinski definition) is 4. The van der Waals surface area contributed by atoms with Gasteiger partial charge in [-0.25, -0.2) is 0 Å². The molecule has 0 unspecified atom stereocenters. The summed E-state index contributed by atoms with van der Waals surface area (Å²) in [6.07, 6.45) is 1.71. The van der Waals surface area contributed by atoms with E-state index >= 15 is 0 Å². The highest BCUT2D eigenvalue weighted by atomic mass is 16.6. The molecule has 2 rings (SSSR count). The predicted molar refractivity (Wildman–Crippen MR) is 84.2 cm³/mol. The number of hydrogen-bond donors (Lipinski definition) is 0. The van der Waals surface area contributed by atoms with Gasteiger partial charge in [0, 0.05) is 17.7 Å². The van der Waals surface area contributed by atoms with Gasteiger partial charge in [0.05, 0.1) is 23.2 Å². The van der Waals surface area contributed by atoms with Crippen LogP contribution in [0.2, 0.25) is 0 Å². The Labute approximate surface area is 128 Å². The van der Waals surface area contributed by atoms with Crippen LogP contribution in [0.3, 0.4) is 0 Å². The lowest BCUT2D eigenvalue weighted by atomic mass is 10.0. The number of rotatable bonds is 5. The zero-order valence-corrected chi connectivity index (χ0v) is 12.0. The van der Waals surface area contributed by atoms with Crippen LogP contribution < -0.4 is 4.74 Å². The summed E-state index contributed by atoms with van der Waals surface area (Å²) in [5, 5.41) is 20.0. The van der Waals surface area contributed by atoms with Crippen molar-refractivity contribution in [3.63, 3.8) is 0 Å². The Morgan fingerprint density at radius 1 is 1.27 bits per heavy atom. The molecule has 0 amide bonds. The van der Waals surface area contributed by atoms with E-state index in [0.29, 0.717) is 23.5 Å². The molecule has 0 aliphatic heterocycles. The first-order valence-corrected chi connectivity index (χ1v) is 6.74. The van der Waals surface area contributed by atoms with Crippen LogP contribution in [-0.2, 0) is 0 Å². The van der Waals surface area contributed by atoms with Crippen molar-refractivity contribution >= 4 is 17.3 Å². The Balaban J connectivity index is 2.40. The fraction of sp³-hybridized carbons (Fsp3) is 0.118. The Morgan fingerprint density at radius 2 is 1.95 bits per heavy atom. The molecule has 0 fully saturated rings. The molecule has 0 aromatic heterocycles. The Morgan fingerprint density at radius 3 is 2.55 bits per heavy atom. The molecule has 0 aliphatic carbocycles. The number of non-ortho nitro benzene ring substituents is 1. The standard InChI is InChI=1S/C17H14N2O3/c1-2-22-17-6-4-3-5-14(17)11-15(12-18)13-7-9-16(10-8-13)19(20)21/h3-11H,2H2,1H3/b15-11+. The average molecular weight is 294 g/mol. The molecule has 5 heteroatoms. The Hall–Kier alpha value is -3.13. The molecule has 0 spiro atoms. The van der Waals surface area contributed by atoms with Gasteiger partial charge in [-0.3, -0.25) is 10.1 Å². The summed E-state index contributed by atoms with van der Waals surface area (Å²) < 4.78 is 5.53. The van der Waals surface area contributed by atoms with E-state index in [2.05, 4.69) is 6.07 Å². The van der Waals surface area contributed by atoms with Crippen molar-refractivity contribution < 1.29 is 9.66 Å². The van der Waals surface area contributed by atoms with E-state index in [1.807, 2.05) is 31.2 Å². The van der Waals surface area contributed by atoms with Crippen LogP contribution in [-0.4, -0.2) is 11.5 Å². The van der Waals surface area contributed by atoms with Gasteiger partial charge in [0.2, 0.25) is 0 Å². The lowest BCUT2D eigenvalue weighted by Gasteiger charge is -2.07. The SMILES string of the molecule is CCOc1ccccc1/C=C(\C#N)c1ccc([N+](=O)[O-])cc1. The topological polar surface area (TPSA) is 76.2 Å². The third-order valence-electron chi connectivity index (χ3n) is 3.03. The molecule has 110 valence electrons. The van der Waals surface area contributed by atoms with Gasteiger partial charge >= 0.3 is 0 Å². The first-order chi connectivity index (χ1) is 10.7. The highest BCUT2D eigenvalue weighted by Gasteiger charge is 2.08.